The number of ether oxygens (including phenoxy) is 1. The zero-order valence-electron chi connectivity index (χ0n) is 8.24. The van der Waals surface area contributed by atoms with Gasteiger partial charge in [0.25, 0.3) is 5.69 Å². The number of hydrogen-bond donors (Lipinski definition) is 2. The predicted molar refractivity (Wildman–Crippen MR) is 54.4 cm³/mol. The van der Waals surface area contributed by atoms with Gasteiger partial charge in [-0.05, 0) is 12.8 Å². The van der Waals surface area contributed by atoms with Gasteiger partial charge >= 0.3 is 7.12 Å². The summed E-state index contributed by atoms with van der Waals surface area (Å²) in [6.45, 7) is 0. The van der Waals surface area contributed by atoms with Gasteiger partial charge in [-0.25, -0.2) is 4.98 Å². The second-order valence-corrected chi connectivity index (χ2v) is 3.53. The summed E-state index contributed by atoms with van der Waals surface area (Å²) in [6, 6.07) is 1.10. The molecule has 0 aliphatic heterocycles. The summed E-state index contributed by atoms with van der Waals surface area (Å²) in [4.78, 5) is 13.8. The number of aromatic nitrogens is 1. The molecular formula is C8H9BN2O5. The van der Waals surface area contributed by atoms with Crippen LogP contribution < -0.4 is 10.2 Å². The second-order valence-electron chi connectivity index (χ2n) is 3.53. The molecule has 0 spiro atoms. The Bertz CT molecular complexity index is 421. The Morgan fingerprint density at radius 1 is 1.56 bits per heavy atom. The van der Waals surface area contributed by atoms with Crippen molar-refractivity contribution in [3.63, 3.8) is 0 Å². The molecule has 1 aliphatic carbocycles. The number of pyridine rings is 1. The summed E-state index contributed by atoms with van der Waals surface area (Å²) in [5.41, 5.74) is -0.645. The number of nitrogens with zero attached hydrogens (tertiary/aromatic N) is 2. The van der Waals surface area contributed by atoms with E-state index in [1.807, 2.05) is 0 Å². The molecule has 0 amide bonds. The normalized spacial score (nSPS) is 14.6. The van der Waals surface area contributed by atoms with Gasteiger partial charge < -0.3 is 14.8 Å². The average Bonchev–Trinajstić information content (AvgIpc) is 3.01. The molecule has 1 fully saturated rings. The van der Waals surface area contributed by atoms with E-state index >= 15 is 0 Å². The standard InChI is InChI=1S/C8H9BN2O5/c12-9(13)6-4-10-8(16-5-1-2-5)3-7(6)11(14)15/h3-5,12-13H,1-2H2. The molecule has 0 unspecified atom stereocenters. The van der Waals surface area contributed by atoms with Gasteiger partial charge in [0.2, 0.25) is 5.88 Å². The van der Waals surface area contributed by atoms with Crippen LogP contribution in [0.1, 0.15) is 12.8 Å². The molecular weight excluding hydrogens is 215 g/mol. The predicted octanol–water partition coefficient (Wildman–Crippen LogP) is -0.789. The SMILES string of the molecule is O=[N+]([O-])c1cc(OC2CC2)ncc1B(O)O. The minimum absolute atomic E-state index is 0.0806. The minimum Gasteiger partial charge on any atom is -0.474 e. The molecule has 1 aromatic rings. The zero-order chi connectivity index (χ0) is 11.7. The van der Waals surface area contributed by atoms with E-state index in [0.717, 1.165) is 25.1 Å². The fourth-order valence-corrected chi connectivity index (χ4v) is 1.22. The third kappa shape index (κ3) is 2.29. The first-order valence-electron chi connectivity index (χ1n) is 4.75. The van der Waals surface area contributed by atoms with Crippen LogP contribution in [0, 0.1) is 10.1 Å². The summed E-state index contributed by atoms with van der Waals surface area (Å²) < 4.78 is 5.27. The van der Waals surface area contributed by atoms with Crippen molar-refractivity contribution in [3.8, 4) is 5.88 Å². The summed E-state index contributed by atoms with van der Waals surface area (Å²) in [5.74, 6) is 0.138. The van der Waals surface area contributed by atoms with Crippen LogP contribution in [0.4, 0.5) is 5.69 Å². The van der Waals surface area contributed by atoms with E-state index in [9.17, 15) is 10.1 Å². The van der Waals surface area contributed by atoms with Crippen molar-refractivity contribution < 1.29 is 19.7 Å². The third-order valence-electron chi connectivity index (χ3n) is 2.17. The average molecular weight is 224 g/mol. The van der Waals surface area contributed by atoms with E-state index in [0.29, 0.717) is 0 Å². The van der Waals surface area contributed by atoms with Gasteiger partial charge in [0.1, 0.15) is 6.10 Å². The summed E-state index contributed by atoms with van der Waals surface area (Å²) in [5, 5.41) is 28.5. The van der Waals surface area contributed by atoms with Crippen molar-refractivity contribution in [1.29, 1.82) is 0 Å². The van der Waals surface area contributed by atoms with Crippen molar-refractivity contribution in [1.82, 2.24) is 4.98 Å². The van der Waals surface area contributed by atoms with Crippen molar-refractivity contribution in [3.05, 3.63) is 22.4 Å². The third-order valence-corrected chi connectivity index (χ3v) is 2.17. The molecule has 1 heterocycles. The summed E-state index contributed by atoms with van der Waals surface area (Å²) in [7, 11) is -1.91. The molecule has 2 rings (SSSR count). The van der Waals surface area contributed by atoms with Crippen LogP contribution in [-0.4, -0.2) is 33.2 Å². The first-order valence-corrected chi connectivity index (χ1v) is 4.75. The van der Waals surface area contributed by atoms with E-state index in [4.69, 9.17) is 14.8 Å². The second kappa shape index (κ2) is 4.07. The largest absolute Gasteiger partial charge is 0.497 e. The van der Waals surface area contributed by atoms with Gasteiger partial charge in [0.05, 0.1) is 16.5 Å². The Hall–Kier alpha value is -1.67. The highest BCUT2D eigenvalue weighted by atomic mass is 16.6. The lowest BCUT2D eigenvalue weighted by Crippen LogP contribution is -2.32. The lowest BCUT2D eigenvalue weighted by molar-refractivity contribution is -0.383. The Balaban J connectivity index is 2.30. The van der Waals surface area contributed by atoms with E-state index in [2.05, 4.69) is 4.98 Å². The van der Waals surface area contributed by atoms with E-state index in [-0.39, 0.29) is 17.4 Å². The molecule has 1 aromatic heterocycles. The van der Waals surface area contributed by atoms with E-state index < -0.39 is 17.7 Å². The first-order chi connectivity index (χ1) is 7.58. The molecule has 0 aromatic carbocycles. The highest BCUT2D eigenvalue weighted by molar-refractivity contribution is 6.60. The van der Waals surface area contributed by atoms with E-state index in [1.54, 1.807) is 0 Å². The molecule has 8 heteroatoms. The molecule has 1 saturated carbocycles. The lowest BCUT2D eigenvalue weighted by atomic mass is 9.80. The Morgan fingerprint density at radius 3 is 2.75 bits per heavy atom. The maximum Gasteiger partial charge on any atom is 0.497 e. The van der Waals surface area contributed by atoms with Crippen molar-refractivity contribution >= 4 is 18.3 Å². The monoisotopic (exact) mass is 224 g/mol. The Labute approximate surface area is 91.0 Å². The van der Waals surface area contributed by atoms with Gasteiger partial charge in [-0.2, -0.15) is 0 Å². The highest BCUT2D eigenvalue weighted by Gasteiger charge is 2.28. The Kier molecular flexibility index (Phi) is 2.76. The van der Waals surface area contributed by atoms with Crippen molar-refractivity contribution in [2.75, 3.05) is 0 Å². The topological polar surface area (TPSA) is 106 Å². The van der Waals surface area contributed by atoms with Gasteiger partial charge in [0, 0.05) is 6.20 Å². The van der Waals surface area contributed by atoms with Crippen LogP contribution in [0.3, 0.4) is 0 Å². The van der Waals surface area contributed by atoms with Crippen LogP contribution >= 0.6 is 0 Å². The molecule has 16 heavy (non-hydrogen) atoms. The smallest absolute Gasteiger partial charge is 0.474 e. The molecule has 7 nitrogen and oxygen atoms in total. The van der Waals surface area contributed by atoms with Gasteiger partial charge in [-0.1, -0.05) is 0 Å². The number of rotatable bonds is 4. The van der Waals surface area contributed by atoms with Crippen molar-refractivity contribution in [2.24, 2.45) is 0 Å². The molecule has 0 atom stereocenters. The Morgan fingerprint density at radius 2 is 2.25 bits per heavy atom. The van der Waals surface area contributed by atoms with E-state index in [1.165, 1.54) is 0 Å². The minimum atomic E-state index is -1.91. The number of nitro groups is 1. The van der Waals surface area contributed by atoms with Crippen LogP contribution in [-0.2, 0) is 0 Å². The molecule has 0 bridgehead atoms. The maximum atomic E-state index is 10.7. The zero-order valence-corrected chi connectivity index (χ0v) is 8.24. The molecule has 0 radical (unpaired) electrons. The van der Waals surface area contributed by atoms with Gasteiger partial charge in [0.15, 0.2) is 0 Å². The van der Waals surface area contributed by atoms with Crippen molar-refractivity contribution in [2.45, 2.75) is 18.9 Å². The fraction of sp³-hybridized carbons (Fsp3) is 0.375. The summed E-state index contributed by atoms with van der Waals surface area (Å²) in [6.07, 6.45) is 2.96. The van der Waals surface area contributed by atoms with Crippen LogP contribution in [0.25, 0.3) is 0 Å². The van der Waals surface area contributed by atoms with Crippen LogP contribution in [0.15, 0.2) is 12.3 Å². The number of hydrogen-bond acceptors (Lipinski definition) is 6. The molecule has 0 saturated heterocycles. The maximum absolute atomic E-state index is 10.7. The highest BCUT2D eigenvalue weighted by Crippen LogP contribution is 2.26. The van der Waals surface area contributed by atoms with Crippen LogP contribution in [0.2, 0.25) is 0 Å². The molecule has 84 valence electrons. The first kappa shape index (κ1) is 10.8. The lowest BCUT2D eigenvalue weighted by Gasteiger charge is -2.05. The van der Waals surface area contributed by atoms with Gasteiger partial charge in [-0.15, -0.1) is 0 Å². The fourth-order valence-electron chi connectivity index (χ4n) is 1.22. The van der Waals surface area contributed by atoms with Gasteiger partial charge in [-0.3, -0.25) is 10.1 Å². The molecule has 1 aliphatic rings. The quantitative estimate of drug-likeness (QED) is 0.394. The van der Waals surface area contributed by atoms with Crippen LogP contribution in [0.5, 0.6) is 5.88 Å². The molecule has 2 N–H and O–H groups in total. The summed E-state index contributed by atoms with van der Waals surface area (Å²) >= 11 is 0.